The van der Waals surface area contributed by atoms with Gasteiger partial charge in [0.1, 0.15) is 11.5 Å². The molecule has 0 unspecified atom stereocenters. The average Bonchev–Trinajstić information content (AvgIpc) is 2.54. The van der Waals surface area contributed by atoms with E-state index in [9.17, 15) is 9.90 Å². The highest BCUT2D eigenvalue weighted by molar-refractivity contribution is 9.10. The predicted octanol–water partition coefficient (Wildman–Crippen LogP) is 3.41. The number of carbonyl (C=O) groups excluding carboxylic acids is 1. The number of phenols is 1. The van der Waals surface area contributed by atoms with Gasteiger partial charge in [-0.1, -0.05) is 15.9 Å². The lowest BCUT2D eigenvalue weighted by Gasteiger charge is -2.14. The molecule has 0 aliphatic heterocycles. The Morgan fingerprint density at radius 1 is 0.909 bits per heavy atom. The zero-order valence-corrected chi connectivity index (χ0v) is 13.9. The van der Waals surface area contributed by atoms with Crippen molar-refractivity contribution in [2.75, 3.05) is 21.3 Å². The number of hydrogen-bond donors (Lipinski definition) is 1. The molecule has 0 spiro atoms. The number of phenolic OH excluding ortho intramolecular Hbond substituents is 1. The molecule has 0 fully saturated rings. The first kappa shape index (κ1) is 16.2. The van der Waals surface area contributed by atoms with Crippen LogP contribution in [0.4, 0.5) is 0 Å². The van der Waals surface area contributed by atoms with Gasteiger partial charge in [-0.3, -0.25) is 4.79 Å². The van der Waals surface area contributed by atoms with Crippen molar-refractivity contribution in [2.45, 2.75) is 0 Å². The van der Waals surface area contributed by atoms with Crippen LogP contribution in [0.5, 0.6) is 23.0 Å². The van der Waals surface area contributed by atoms with Gasteiger partial charge < -0.3 is 19.3 Å². The van der Waals surface area contributed by atoms with E-state index in [0.29, 0.717) is 21.7 Å². The summed E-state index contributed by atoms with van der Waals surface area (Å²) in [7, 11) is 4.44. The molecule has 0 aliphatic carbocycles. The molecule has 116 valence electrons. The first-order chi connectivity index (χ1) is 10.5. The van der Waals surface area contributed by atoms with Gasteiger partial charge in [-0.05, 0) is 24.3 Å². The Bertz CT molecular complexity index is 712. The second-order valence-electron chi connectivity index (χ2n) is 4.40. The summed E-state index contributed by atoms with van der Waals surface area (Å²) >= 11 is 3.28. The third kappa shape index (κ3) is 3.01. The van der Waals surface area contributed by atoms with E-state index >= 15 is 0 Å². The molecule has 2 aromatic rings. The molecule has 22 heavy (non-hydrogen) atoms. The number of benzene rings is 2. The average molecular weight is 367 g/mol. The number of halogens is 1. The summed E-state index contributed by atoms with van der Waals surface area (Å²) in [6.45, 7) is 0. The lowest BCUT2D eigenvalue weighted by atomic mass is 10.0. The Labute approximate surface area is 136 Å². The van der Waals surface area contributed by atoms with E-state index in [-0.39, 0.29) is 22.7 Å². The van der Waals surface area contributed by atoms with Crippen molar-refractivity contribution in [3.63, 3.8) is 0 Å². The van der Waals surface area contributed by atoms with Crippen LogP contribution in [0.25, 0.3) is 0 Å². The quantitative estimate of drug-likeness (QED) is 0.821. The monoisotopic (exact) mass is 366 g/mol. The maximum atomic E-state index is 12.7. The third-order valence-corrected chi connectivity index (χ3v) is 3.65. The lowest BCUT2D eigenvalue weighted by molar-refractivity contribution is 0.103. The summed E-state index contributed by atoms with van der Waals surface area (Å²) in [4.78, 5) is 12.7. The van der Waals surface area contributed by atoms with Crippen molar-refractivity contribution in [1.29, 1.82) is 0 Å². The Morgan fingerprint density at radius 3 is 2.09 bits per heavy atom. The number of hydrogen-bond acceptors (Lipinski definition) is 5. The van der Waals surface area contributed by atoms with Crippen LogP contribution in [0.1, 0.15) is 15.9 Å². The molecule has 2 rings (SSSR count). The van der Waals surface area contributed by atoms with E-state index in [1.807, 2.05) is 0 Å². The highest BCUT2D eigenvalue weighted by Crippen LogP contribution is 2.36. The standard InChI is InChI=1S/C16H15BrO5/c1-20-13-8-15(22-3)14(21-2)7-11(13)16(19)10-6-9(17)4-5-12(10)18/h4-8,18H,1-3H3. The molecule has 0 atom stereocenters. The van der Waals surface area contributed by atoms with Crippen molar-refractivity contribution in [2.24, 2.45) is 0 Å². The zero-order valence-electron chi connectivity index (χ0n) is 12.3. The molecule has 6 heteroatoms. The van der Waals surface area contributed by atoms with Gasteiger partial charge >= 0.3 is 0 Å². The van der Waals surface area contributed by atoms with Crippen LogP contribution in [0.15, 0.2) is 34.8 Å². The maximum absolute atomic E-state index is 12.7. The normalized spacial score (nSPS) is 10.2. The predicted molar refractivity (Wildman–Crippen MR) is 85.3 cm³/mol. The van der Waals surface area contributed by atoms with Gasteiger partial charge in [-0.15, -0.1) is 0 Å². The Kier molecular flexibility index (Phi) is 4.92. The van der Waals surface area contributed by atoms with Crippen LogP contribution in [0, 0.1) is 0 Å². The molecule has 2 aromatic carbocycles. The minimum atomic E-state index is -0.378. The number of carbonyl (C=O) groups is 1. The smallest absolute Gasteiger partial charge is 0.200 e. The van der Waals surface area contributed by atoms with Gasteiger partial charge in [0, 0.05) is 10.5 Å². The topological polar surface area (TPSA) is 65.0 Å². The van der Waals surface area contributed by atoms with Crippen molar-refractivity contribution in [3.05, 3.63) is 45.9 Å². The molecule has 5 nitrogen and oxygen atoms in total. The van der Waals surface area contributed by atoms with Gasteiger partial charge in [-0.25, -0.2) is 0 Å². The molecule has 0 radical (unpaired) electrons. The van der Waals surface area contributed by atoms with Crippen LogP contribution in [0.2, 0.25) is 0 Å². The van der Waals surface area contributed by atoms with E-state index in [2.05, 4.69) is 15.9 Å². The number of methoxy groups -OCH3 is 3. The van der Waals surface area contributed by atoms with Gasteiger partial charge in [0.05, 0.1) is 32.5 Å². The molecule has 0 aliphatic rings. The molecule has 0 heterocycles. The summed E-state index contributed by atoms with van der Waals surface area (Å²) in [6, 6.07) is 7.75. The van der Waals surface area contributed by atoms with Gasteiger partial charge in [0.25, 0.3) is 0 Å². The van der Waals surface area contributed by atoms with E-state index in [4.69, 9.17) is 14.2 Å². The van der Waals surface area contributed by atoms with Crippen molar-refractivity contribution >= 4 is 21.7 Å². The molecular formula is C16H15BrO5. The molecule has 0 bridgehead atoms. The van der Waals surface area contributed by atoms with E-state index < -0.39 is 0 Å². The summed E-state index contributed by atoms with van der Waals surface area (Å²) in [5, 5.41) is 9.92. The Morgan fingerprint density at radius 2 is 1.50 bits per heavy atom. The number of rotatable bonds is 5. The van der Waals surface area contributed by atoms with Crippen LogP contribution >= 0.6 is 15.9 Å². The summed E-state index contributed by atoms with van der Waals surface area (Å²) < 4.78 is 16.3. The second kappa shape index (κ2) is 6.70. The largest absolute Gasteiger partial charge is 0.507 e. The molecule has 0 saturated heterocycles. The minimum Gasteiger partial charge on any atom is -0.507 e. The van der Waals surface area contributed by atoms with Crippen LogP contribution in [-0.4, -0.2) is 32.2 Å². The fourth-order valence-corrected chi connectivity index (χ4v) is 2.40. The Balaban J connectivity index is 2.60. The number of ketones is 1. The fraction of sp³-hybridized carbons (Fsp3) is 0.188. The van der Waals surface area contributed by atoms with E-state index in [1.165, 1.54) is 33.5 Å². The maximum Gasteiger partial charge on any atom is 0.200 e. The SMILES string of the molecule is COc1cc(OC)c(C(=O)c2cc(Br)ccc2O)cc1OC. The van der Waals surface area contributed by atoms with E-state index in [0.717, 1.165) is 0 Å². The Hall–Kier alpha value is -2.21. The second-order valence-corrected chi connectivity index (χ2v) is 5.31. The highest BCUT2D eigenvalue weighted by Gasteiger charge is 2.21. The summed E-state index contributed by atoms with van der Waals surface area (Å²) in [6.07, 6.45) is 0. The van der Waals surface area contributed by atoms with Crippen molar-refractivity contribution < 1.29 is 24.1 Å². The minimum absolute atomic E-state index is 0.106. The highest BCUT2D eigenvalue weighted by atomic mass is 79.9. The summed E-state index contributed by atoms with van der Waals surface area (Å²) in [5.74, 6) is 0.708. The summed E-state index contributed by atoms with van der Waals surface area (Å²) in [5.41, 5.74) is 0.438. The third-order valence-electron chi connectivity index (χ3n) is 3.15. The lowest BCUT2D eigenvalue weighted by Crippen LogP contribution is -2.06. The molecule has 0 amide bonds. The molecule has 0 saturated carbocycles. The van der Waals surface area contributed by atoms with Crippen LogP contribution < -0.4 is 14.2 Å². The first-order valence-electron chi connectivity index (χ1n) is 6.35. The number of aromatic hydroxyl groups is 1. The van der Waals surface area contributed by atoms with Gasteiger partial charge in [-0.2, -0.15) is 0 Å². The zero-order chi connectivity index (χ0) is 16.3. The van der Waals surface area contributed by atoms with Crippen molar-refractivity contribution in [3.8, 4) is 23.0 Å². The molecular weight excluding hydrogens is 352 g/mol. The van der Waals surface area contributed by atoms with Crippen molar-refractivity contribution in [1.82, 2.24) is 0 Å². The van der Waals surface area contributed by atoms with E-state index in [1.54, 1.807) is 18.2 Å². The fourth-order valence-electron chi connectivity index (χ4n) is 2.04. The van der Waals surface area contributed by atoms with Crippen LogP contribution in [-0.2, 0) is 0 Å². The molecule has 0 aromatic heterocycles. The molecule has 1 N–H and O–H groups in total. The van der Waals surface area contributed by atoms with Gasteiger partial charge in [0.15, 0.2) is 11.5 Å². The number of ether oxygens (including phenoxy) is 3. The first-order valence-corrected chi connectivity index (χ1v) is 7.14. The van der Waals surface area contributed by atoms with Gasteiger partial charge in [0.2, 0.25) is 5.78 Å². The van der Waals surface area contributed by atoms with Crippen LogP contribution in [0.3, 0.4) is 0 Å².